The van der Waals surface area contributed by atoms with Gasteiger partial charge in [0.15, 0.2) is 0 Å². The molecule has 1 fully saturated rings. The fourth-order valence-electron chi connectivity index (χ4n) is 3.68. The molecule has 4 rings (SSSR count). The summed E-state index contributed by atoms with van der Waals surface area (Å²) in [5.41, 5.74) is 3.82. The van der Waals surface area contributed by atoms with E-state index in [-0.39, 0.29) is 11.8 Å². The van der Waals surface area contributed by atoms with Crippen molar-refractivity contribution < 1.29 is 14.3 Å². The van der Waals surface area contributed by atoms with Gasteiger partial charge >= 0.3 is 0 Å². The minimum absolute atomic E-state index is 0.0971. The normalized spacial score (nSPS) is 13.8. The van der Waals surface area contributed by atoms with Gasteiger partial charge in [-0.2, -0.15) is 11.8 Å². The number of ether oxygens (including phenoxy) is 1. The fraction of sp³-hybridized carbons (Fsp3) is 0.231. The van der Waals surface area contributed by atoms with Crippen molar-refractivity contribution in [1.29, 1.82) is 0 Å². The molecule has 2 N–H and O–H groups in total. The van der Waals surface area contributed by atoms with E-state index in [0.717, 1.165) is 35.7 Å². The maximum Gasteiger partial charge on any atom is 0.255 e. The number of nitrogens with zero attached hydrogens (tertiary/aromatic N) is 1. The smallest absolute Gasteiger partial charge is 0.255 e. The number of benzene rings is 3. The Bertz CT molecular complexity index is 1100. The summed E-state index contributed by atoms with van der Waals surface area (Å²) in [5, 5.41) is 5.83. The molecule has 33 heavy (non-hydrogen) atoms. The molecule has 3 aromatic carbocycles. The Hall–Kier alpha value is -3.29. The number of carbonyl (C=O) groups excluding carboxylic acids is 2. The van der Waals surface area contributed by atoms with Crippen LogP contribution >= 0.6 is 11.8 Å². The molecule has 1 aliphatic rings. The lowest BCUT2D eigenvalue weighted by Crippen LogP contribution is -2.38. The van der Waals surface area contributed by atoms with E-state index >= 15 is 0 Å². The van der Waals surface area contributed by atoms with E-state index in [0.29, 0.717) is 29.2 Å². The van der Waals surface area contributed by atoms with Crippen LogP contribution in [0.3, 0.4) is 0 Å². The number of thioether (sulfide) groups is 1. The Labute approximate surface area is 198 Å². The minimum atomic E-state index is -0.220. The first-order valence-electron chi connectivity index (χ1n) is 10.9. The summed E-state index contributed by atoms with van der Waals surface area (Å²) in [4.78, 5) is 27.5. The number of amides is 2. The number of rotatable bonds is 7. The Morgan fingerprint density at radius 3 is 2.30 bits per heavy atom. The number of anilines is 2. The molecule has 7 heteroatoms. The monoisotopic (exact) mass is 461 g/mol. The summed E-state index contributed by atoms with van der Waals surface area (Å²) in [5.74, 6) is 2.32. The predicted octanol–water partition coefficient (Wildman–Crippen LogP) is 4.60. The van der Waals surface area contributed by atoms with Crippen LogP contribution in [-0.2, 0) is 4.79 Å². The predicted molar refractivity (Wildman–Crippen MR) is 135 cm³/mol. The van der Waals surface area contributed by atoms with Gasteiger partial charge in [-0.15, -0.1) is 0 Å². The Morgan fingerprint density at radius 2 is 1.61 bits per heavy atom. The Balaban J connectivity index is 1.42. The molecule has 2 amide bonds. The zero-order chi connectivity index (χ0) is 23.0. The topological polar surface area (TPSA) is 70.7 Å². The third-order valence-corrected chi connectivity index (χ3v) is 6.40. The molecule has 6 nitrogen and oxygen atoms in total. The van der Waals surface area contributed by atoms with Crippen LogP contribution < -0.4 is 15.4 Å². The largest absolute Gasteiger partial charge is 0.495 e. The van der Waals surface area contributed by atoms with Gasteiger partial charge in [0.05, 0.1) is 19.3 Å². The van der Waals surface area contributed by atoms with Crippen molar-refractivity contribution in [3.63, 3.8) is 0 Å². The van der Waals surface area contributed by atoms with Crippen molar-refractivity contribution in [2.45, 2.75) is 0 Å². The summed E-state index contributed by atoms with van der Waals surface area (Å²) in [6, 6.07) is 22.7. The van der Waals surface area contributed by atoms with Crippen molar-refractivity contribution in [1.82, 2.24) is 4.90 Å². The average molecular weight is 462 g/mol. The van der Waals surface area contributed by atoms with Crippen LogP contribution in [-0.4, -0.2) is 55.0 Å². The summed E-state index contributed by atoms with van der Waals surface area (Å²) >= 11 is 1.91. The number of nitrogens with one attached hydrogen (secondary N) is 2. The van der Waals surface area contributed by atoms with Crippen LogP contribution in [0.15, 0.2) is 72.8 Å². The van der Waals surface area contributed by atoms with Crippen molar-refractivity contribution in [2.75, 3.05) is 48.9 Å². The van der Waals surface area contributed by atoms with Gasteiger partial charge < -0.3 is 15.4 Å². The van der Waals surface area contributed by atoms with Gasteiger partial charge in [-0.3, -0.25) is 14.5 Å². The third-order valence-electron chi connectivity index (χ3n) is 5.46. The summed E-state index contributed by atoms with van der Waals surface area (Å²) < 4.78 is 5.39. The van der Waals surface area contributed by atoms with Gasteiger partial charge in [0.1, 0.15) is 5.75 Å². The second-order valence-electron chi connectivity index (χ2n) is 7.75. The minimum Gasteiger partial charge on any atom is -0.495 e. The highest BCUT2D eigenvalue weighted by atomic mass is 32.2. The molecule has 0 unspecified atom stereocenters. The van der Waals surface area contributed by atoms with E-state index in [1.807, 2.05) is 54.2 Å². The lowest BCUT2D eigenvalue weighted by Gasteiger charge is -2.25. The van der Waals surface area contributed by atoms with Gasteiger partial charge in [-0.05, 0) is 41.5 Å². The molecule has 1 saturated heterocycles. The molecule has 1 heterocycles. The second kappa shape index (κ2) is 11.0. The fourth-order valence-corrected chi connectivity index (χ4v) is 4.66. The molecular formula is C26H27N3O3S. The highest BCUT2D eigenvalue weighted by molar-refractivity contribution is 7.99. The van der Waals surface area contributed by atoms with Crippen LogP contribution in [0.2, 0.25) is 0 Å². The lowest BCUT2D eigenvalue weighted by molar-refractivity contribution is -0.117. The molecule has 0 atom stereocenters. The van der Waals surface area contributed by atoms with Gasteiger partial charge in [0, 0.05) is 35.8 Å². The summed E-state index contributed by atoms with van der Waals surface area (Å²) in [6.07, 6.45) is 0. The van der Waals surface area contributed by atoms with E-state index < -0.39 is 0 Å². The van der Waals surface area contributed by atoms with Crippen LogP contribution in [0.4, 0.5) is 11.4 Å². The number of hydrogen-bond acceptors (Lipinski definition) is 5. The maximum absolute atomic E-state index is 12.8. The zero-order valence-electron chi connectivity index (χ0n) is 18.5. The van der Waals surface area contributed by atoms with Gasteiger partial charge in [0.2, 0.25) is 5.91 Å². The highest BCUT2D eigenvalue weighted by Gasteiger charge is 2.16. The van der Waals surface area contributed by atoms with Crippen LogP contribution in [0.5, 0.6) is 5.75 Å². The molecular weight excluding hydrogens is 434 g/mol. The van der Waals surface area contributed by atoms with Crippen LogP contribution in [0.1, 0.15) is 10.4 Å². The van der Waals surface area contributed by atoms with Crippen LogP contribution in [0.25, 0.3) is 11.1 Å². The van der Waals surface area contributed by atoms with Gasteiger partial charge in [0.25, 0.3) is 5.91 Å². The first-order valence-corrected chi connectivity index (χ1v) is 12.0. The zero-order valence-corrected chi connectivity index (χ0v) is 19.4. The Kier molecular flexibility index (Phi) is 7.65. The quantitative estimate of drug-likeness (QED) is 0.538. The summed E-state index contributed by atoms with van der Waals surface area (Å²) in [7, 11) is 1.55. The maximum atomic E-state index is 12.8. The highest BCUT2D eigenvalue weighted by Crippen LogP contribution is 2.28. The van der Waals surface area contributed by atoms with Gasteiger partial charge in [-0.25, -0.2) is 0 Å². The molecule has 3 aromatic rings. The first-order chi connectivity index (χ1) is 16.1. The van der Waals surface area contributed by atoms with E-state index in [4.69, 9.17) is 4.74 Å². The standard InChI is InChI=1S/C26H27N3O3S/c1-32-24-12-11-22(17-23(24)28-25(30)18-29-13-15-33-16-14-29)27-26(31)21-9-7-20(8-10-21)19-5-3-2-4-6-19/h2-12,17H,13-16,18H2,1H3,(H,27,31)(H,28,30). The molecule has 0 aromatic heterocycles. The lowest BCUT2D eigenvalue weighted by atomic mass is 10.0. The average Bonchev–Trinajstić information content (AvgIpc) is 2.85. The molecule has 170 valence electrons. The number of hydrogen-bond donors (Lipinski definition) is 2. The molecule has 0 spiro atoms. The van der Waals surface area contributed by atoms with Crippen LogP contribution in [0, 0.1) is 0 Å². The van der Waals surface area contributed by atoms with Crippen molar-refractivity contribution in [2.24, 2.45) is 0 Å². The van der Waals surface area contributed by atoms with E-state index in [1.165, 1.54) is 0 Å². The van der Waals surface area contributed by atoms with Crippen molar-refractivity contribution in [3.05, 3.63) is 78.4 Å². The molecule has 0 radical (unpaired) electrons. The number of methoxy groups -OCH3 is 1. The van der Waals surface area contributed by atoms with E-state index in [9.17, 15) is 9.59 Å². The summed E-state index contributed by atoms with van der Waals surface area (Å²) in [6.45, 7) is 2.16. The molecule has 1 aliphatic heterocycles. The van der Waals surface area contributed by atoms with Crippen molar-refractivity contribution in [3.8, 4) is 16.9 Å². The molecule has 0 bridgehead atoms. The Morgan fingerprint density at radius 1 is 0.909 bits per heavy atom. The number of carbonyl (C=O) groups is 2. The van der Waals surface area contributed by atoms with E-state index in [1.54, 1.807) is 37.4 Å². The van der Waals surface area contributed by atoms with E-state index in [2.05, 4.69) is 15.5 Å². The third kappa shape index (κ3) is 6.15. The van der Waals surface area contributed by atoms with Gasteiger partial charge in [-0.1, -0.05) is 42.5 Å². The van der Waals surface area contributed by atoms with Crippen molar-refractivity contribution >= 4 is 35.0 Å². The molecule has 0 saturated carbocycles. The molecule has 0 aliphatic carbocycles. The first kappa shape index (κ1) is 22.9. The SMILES string of the molecule is COc1ccc(NC(=O)c2ccc(-c3ccccc3)cc2)cc1NC(=O)CN1CCSCC1. The second-order valence-corrected chi connectivity index (χ2v) is 8.97.